The minimum atomic E-state index is -0.788. The number of epoxide rings is 1. The van der Waals surface area contributed by atoms with Gasteiger partial charge in [0.25, 0.3) is 0 Å². The van der Waals surface area contributed by atoms with Gasteiger partial charge in [-0.2, -0.15) is 0 Å². The molecule has 0 aromatic rings. The quantitative estimate of drug-likeness (QED) is 0.115. The Hall–Kier alpha value is -2.53. The van der Waals surface area contributed by atoms with Crippen LogP contribution in [0.15, 0.2) is 36.0 Å². The number of hydrogen-bond acceptors (Lipinski definition) is 8. The number of allylic oxidation sites excluding steroid dienone is 2. The second-order valence-corrected chi connectivity index (χ2v) is 12.8. The van der Waals surface area contributed by atoms with Crippen LogP contribution in [0.2, 0.25) is 0 Å². The van der Waals surface area contributed by atoms with Gasteiger partial charge in [-0.3, -0.25) is 14.4 Å². The number of aliphatic hydroxyl groups excluding tert-OH is 1. The highest BCUT2D eigenvalue weighted by Gasteiger charge is 2.58. The monoisotopic (exact) mass is 618 g/mol. The summed E-state index contributed by atoms with van der Waals surface area (Å²) in [4.78, 5) is 36.2. The number of hydrogen-bond donors (Lipinski definition) is 3. The van der Waals surface area contributed by atoms with Crippen LogP contribution in [-0.4, -0.2) is 83.8 Å². The Kier molecular flexibility index (Phi) is 13.6. The van der Waals surface area contributed by atoms with Gasteiger partial charge in [-0.15, -0.1) is 0 Å². The fraction of sp³-hybridized carbons (Fsp3) is 0.735. The molecular formula is C34H54N2O8. The molecule has 2 amide bonds. The molecule has 1 spiro atoms. The van der Waals surface area contributed by atoms with E-state index < -0.39 is 29.9 Å². The molecule has 0 aromatic heterocycles. The molecule has 10 heteroatoms. The van der Waals surface area contributed by atoms with Gasteiger partial charge in [-0.05, 0) is 58.4 Å². The van der Waals surface area contributed by atoms with Gasteiger partial charge in [-0.25, -0.2) is 0 Å². The number of amides is 2. The van der Waals surface area contributed by atoms with Crippen LogP contribution >= 0.6 is 0 Å². The van der Waals surface area contributed by atoms with Crippen LogP contribution in [0.4, 0.5) is 0 Å². The lowest BCUT2D eigenvalue weighted by molar-refractivity contribution is -0.145. The highest BCUT2D eigenvalue weighted by Crippen LogP contribution is 2.43. The topological polar surface area (TPSA) is 136 Å². The summed E-state index contributed by atoms with van der Waals surface area (Å²) in [6.07, 6.45) is 11.7. The Morgan fingerprint density at radius 3 is 2.50 bits per heavy atom. The third-order valence-corrected chi connectivity index (χ3v) is 8.83. The van der Waals surface area contributed by atoms with E-state index in [1.807, 2.05) is 26.0 Å². The van der Waals surface area contributed by atoms with Crippen molar-refractivity contribution in [3.8, 4) is 0 Å². The molecule has 3 aliphatic rings. The van der Waals surface area contributed by atoms with Crippen molar-refractivity contribution in [2.45, 2.75) is 148 Å². The van der Waals surface area contributed by atoms with Gasteiger partial charge in [0.05, 0.1) is 37.4 Å². The summed E-state index contributed by atoms with van der Waals surface area (Å²) in [5, 5.41) is 17.1. The van der Waals surface area contributed by atoms with Crippen LogP contribution in [0.1, 0.15) is 93.4 Å². The molecule has 0 bridgehead atoms. The van der Waals surface area contributed by atoms with Crippen LogP contribution < -0.4 is 10.6 Å². The van der Waals surface area contributed by atoms with Gasteiger partial charge >= 0.3 is 5.97 Å². The molecule has 3 fully saturated rings. The normalized spacial score (nSPS) is 33.7. The van der Waals surface area contributed by atoms with Gasteiger partial charge in [0.2, 0.25) is 11.8 Å². The second-order valence-electron chi connectivity index (χ2n) is 12.8. The summed E-state index contributed by atoms with van der Waals surface area (Å²) >= 11 is 0. The van der Waals surface area contributed by atoms with Crippen molar-refractivity contribution in [2.75, 3.05) is 6.61 Å². The molecule has 3 N–H and O–H groups in total. The standard InChI is InChI=1S/C34H54N2O8/c1-8-10-26(9-2)35-32(39)18-27-19-34(20-41-34)33(40)30(44-27)15-12-21(3)11-14-29-22(4)17-28(24(6)43-29)36-31(38)16-13-23(5)42-25(7)37/h11-13,15-16,22-24,26-30,33,40H,8-10,14,17-20H2,1-7H3,(H,35,39)(H,36,38)/b15-12+,16-13-,21-11+/t22?,23?,24?,26?,27-,28?,29?,30?,33-,34?/m1/s1. The van der Waals surface area contributed by atoms with Gasteiger partial charge in [-0.1, -0.05) is 51.0 Å². The minimum absolute atomic E-state index is 0.00300. The van der Waals surface area contributed by atoms with Crippen LogP contribution in [0.5, 0.6) is 0 Å². The number of carbonyl (C=O) groups is 3. The predicted octanol–water partition coefficient (Wildman–Crippen LogP) is 4.06. The number of nitrogens with one attached hydrogen (secondary N) is 2. The van der Waals surface area contributed by atoms with Crippen molar-refractivity contribution >= 4 is 17.8 Å². The number of esters is 1. The largest absolute Gasteiger partial charge is 0.459 e. The van der Waals surface area contributed by atoms with Crippen LogP contribution in [0.25, 0.3) is 0 Å². The zero-order valence-electron chi connectivity index (χ0n) is 27.5. The van der Waals surface area contributed by atoms with E-state index in [0.29, 0.717) is 19.4 Å². The first kappa shape index (κ1) is 35.9. The number of carbonyl (C=O) groups excluding carboxylic acids is 3. The molecular weight excluding hydrogens is 564 g/mol. The van der Waals surface area contributed by atoms with E-state index in [2.05, 4.69) is 37.5 Å². The maximum absolute atomic E-state index is 12.7. The molecule has 0 aliphatic carbocycles. The van der Waals surface area contributed by atoms with E-state index in [1.165, 1.54) is 13.0 Å². The van der Waals surface area contributed by atoms with Crippen molar-refractivity contribution in [3.63, 3.8) is 0 Å². The SMILES string of the molecule is CCCC(CC)NC(=O)C[C@@H]1CC2(CO2)[C@H](O)C(/C=C/C(C)=C/CC2OC(C)C(NC(=O)/C=C\C(C)OC(C)=O)CC2C)O1. The van der Waals surface area contributed by atoms with E-state index in [-0.39, 0.29) is 54.5 Å². The van der Waals surface area contributed by atoms with Gasteiger partial charge in [0.15, 0.2) is 0 Å². The third kappa shape index (κ3) is 10.8. The Morgan fingerprint density at radius 2 is 1.86 bits per heavy atom. The van der Waals surface area contributed by atoms with Crippen molar-refractivity contribution < 1.29 is 38.4 Å². The summed E-state index contributed by atoms with van der Waals surface area (Å²) in [6, 6.07) is 0.0505. The molecule has 0 aromatic carbocycles. The number of rotatable bonds is 14. The maximum Gasteiger partial charge on any atom is 0.303 e. The van der Waals surface area contributed by atoms with Crippen molar-refractivity contribution in [3.05, 3.63) is 36.0 Å². The first-order chi connectivity index (χ1) is 20.8. The Bertz CT molecular complexity index is 1070. The van der Waals surface area contributed by atoms with Crippen LogP contribution in [-0.2, 0) is 33.3 Å². The lowest BCUT2D eigenvalue weighted by atomic mass is 9.87. The zero-order chi connectivity index (χ0) is 32.4. The molecule has 8 unspecified atom stereocenters. The smallest absolute Gasteiger partial charge is 0.303 e. The Morgan fingerprint density at radius 1 is 1.14 bits per heavy atom. The van der Waals surface area contributed by atoms with E-state index in [4.69, 9.17) is 18.9 Å². The maximum atomic E-state index is 12.7. The minimum Gasteiger partial charge on any atom is -0.459 e. The Balaban J connectivity index is 1.50. The summed E-state index contributed by atoms with van der Waals surface area (Å²) in [7, 11) is 0. The van der Waals surface area contributed by atoms with Crippen molar-refractivity contribution in [1.82, 2.24) is 10.6 Å². The first-order valence-electron chi connectivity index (χ1n) is 16.3. The average molecular weight is 619 g/mol. The fourth-order valence-electron chi connectivity index (χ4n) is 6.11. The molecule has 248 valence electrons. The van der Waals surface area contributed by atoms with Crippen LogP contribution in [0.3, 0.4) is 0 Å². The third-order valence-electron chi connectivity index (χ3n) is 8.83. The number of aliphatic hydroxyl groups is 1. The van der Waals surface area contributed by atoms with Gasteiger partial charge < -0.3 is 34.7 Å². The number of ether oxygens (including phenoxy) is 4. The molecule has 0 saturated carbocycles. The molecule has 3 heterocycles. The molecule has 10 nitrogen and oxygen atoms in total. The highest BCUT2D eigenvalue weighted by molar-refractivity contribution is 5.87. The summed E-state index contributed by atoms with van der Waals surface area (Å²) < 4.78 is 23.2. The van der Waals surface area contributed by atoms with Crippen LogP contribution in [0, 0.1) is 5.92 Å². The van der Waals surface area contributed by atoms with E-state index in [9.17, 15) is 19.5 Å². The first-order valence-corrected chi connectivity index (χ1v) is 16.3. The lowest BCUT2D eigenvalue weighted by Gasteiger charge is -2.39. The lowest BCUT2D eigenvalue weighted by Crippen LogP contribution is -2.51. The fourth-order valence-corrected chi connectivity index (χ4v) is 6.11. The Labute approximate surface area is 263 Å². The van der Waals surface area contributed by atoms with E-state index >= 15 is 0 Å². The molecule has 10 atom stereocenters. The second kappa shape index (κ2) is 16.7. The summed E-state index contributed by atoms with van der Waals surface area (Å²) in [5.41, 5.74) is 0.385. The molecule has 44 heavy (non-hydrogen) atoms. The van der Waals surface area contributed by atoms with E-state index in [1.54, 1.807) is 13.0 Å². The molecule has 0 radical (unpaired) electrons. The van der Waals surface area contributed by atoms with Crippen molar-refractivity contribution in [1.29, 1.82) is 0 Å². The predicted molar refractivity (Wildman–Crippen MR) is 168 cm³/mol. The molecule has 3 saturated heterocycles. The van der Waals surface area contributed by atoms with Gasteiger partial charge in [0.1, 0.15) is 23.9 Å². The highest BCUT2D eigenvalue weighted by atomic mass is 16.6. The summed E-state index contributed by atoms with van der Waals surface area (Å²) in [6.45, 7) is 13.8. The average Bonchev–Trinajstić information content (AvgIpc) is 3.73. The summed E-state index contributed by atoms with van der Waals surface area (Å²) in [5.74, 6) is -0.439. The molecule has 3 rings (SSSR count). The van der Waals surface area contributed by atoms with Gasteiger partial charge in [0, 0.05) is 25.5 Å². The zero-order valence-corrected chi connectivity index (χ0v) is 27.5. The van der Waals surface area contributed by atoms with Crippen molar-refractivity contribution in [2.24, 2.45) is 5.92 Å². The molecule has 3 aliphatic heterocycles. The van der Waals surface area contributed by atoms with E-state index in [0.717, 1.165) is 31.3 Å².